The van der Waals surface area contributed by atoms with Crippen LogP contribution in [0.1, 0.15) is 39.0 Å². The minimum absolute atomic E-state index is 0.127. The number of aliphatic hydroxyl groups is 1. The Balaban J connectivity index is 5.41. The van der Waals surface area contributed by atoms with Gasteiger partial charge < -0.3 is 54.8 Å². The molecule has 0 aromatic heterocycles. The number of aliphatic carboxylic acids is 1. The van der Waals surface area contributed by atoms with E-state index in [2.05, 4.69) is 15.6 Å². The molecule has 5 amide bonds. The fraction of sp³-hybridized carbons (Fsp3) is 0.632. The van der Waals surface area contributed by atoms with E-state index in [1.54, 1.807) is 0 Å². The van der Waals surface area contributed by atoms with Gasteiger partial charge in [0.25, 0.3) is 0 Å². The molecule has 0 aromatic rings. The molecule has 0 radical (unpaired) electrons. The topological polar surface area (TPSA) is 321 Å². The van der Waals surface area contributed by atoms with Crippen molar-refractivity contribution in [3.63, 3.8) is 0 Å². The molecule has 0 aliphatic carbocycles. The standard InChI is InChI=1S/C19H35N9O8/c1-8(29)14(28-15(32)9(20)3-2-6-25-19(23)24)17(34)26-10(4-5-12(21)30)16(33)27-11(18(35)36)7-13(22)31/h8-11,14,29H,2-7,20H2,1H3,(H2,21,30)(H2,22,31)(H,26,34)(H,27,33)(H,28,32)(H,35,36)(H4,23,24,25). The Morgan fingerprint density at radius 2 is 1.42 bits per heavy atom. The van der Waals surface area contributed by atoms with Crippen LogP contribution in [0.5, 0.6) is 0 Å². The van der Waals surface area contributed by atoms with E-state index in [9.17, 15) is 39.0 Å². The number of nitrogens with two attached hydrogens (primary N) is 5. The maximum Gasteiger partial charge on any atom is 0.326 e. The SMILES string of the molecule is CC(O)C(NC(=O)C(N)CCCN=C(N)N)C(=O)NC(CCC(N)=O)C(=O)NC(CC(N)=O)C(=O)O. The number of nitrogens with zero attached hydrogens (tertiary/aromatic N) is 1. The number of carboxylic acid groups (broad SMARTS) is 1. The molecule has 17 heteroatoms. The number of nitrogens with one attached hydrogen (secondary N) is 3. The Bertz CT molecular complexity index is 845. The first kappa shape index (κ1) is 32.0. The third-order valence-electron chi connectivity index (χ3n) is 4.70. The highest BCUT2D eigenvalue weighted by atomic mass is 16.4. The van der Waals surface area contributed by atoms with Gasteiger partial charge in [-0.3, -0.25) is 29.0 Å². The van der Waals surface area contributed by atoms with Crippen molar-refractivity contribution >= 4 is 41.5 Å². The molecule has 36 heavy (non-hydrogen) atoms. The molecule has 17 nitrogen and oxygen atoms in total. The Kier molecular flexibility index (Phi) is 14.1. The molecule has 0 bridgehead atoms. The molecule has 0 rings (SSSR count). The molecule has 0 aliphatic rings. The highest BCUT2D eigenvalue weighted by Gasteiger charge is 2.32. The largest absolute Gasteiger partial charge is 0.480 e. The van der Waals surface area contributed by atoms with Crippen molar-refractivity contribution in [1.29, 1.82) is 0 Å². The van der Waals surface area contributed by atoms with Crippen LogP contribution in [-0.2, 0) is 28.8 Å². The van der Waals surface area contributed by atoms with Gasteiger partial charge in [-0.05, 0) is 26.2 Å². The fourth-order valence-electron chi connectivity index (χ4n) is 2.81. The molecule has 0 aromatic carbocycles. The summed E-state index contributed by atoms with van der Waals surface area (Å²) in [6, 6.07) is -5.85. The van der Waals surface area contributed by atoms with Crippen molar-refractivity contribution in [1.82, 2.24) is 16.0 Å². The van der Waals surface area contributed by atoms with E-state index < -0.39 is 72.2 Å². The van der Waals surface area contributed by atoms with E-state index in [4.69, 9.17) is 28.7 Å². The first-order valence-electron chi connectivity index (χ1n) is 10.8. The third kappa shape index (κ3) is 13.0. The molecule has 0 spiro atoms. The first-order chi connectivity index (χ1) is 16.6. The zero-order valence-corrected chi connectivity index (χ0v) is 19.8. The maximum atomic E-state index is 12.8. The summed E-state index contributed by atoms with van der Waals surface area (Å²) in [6.07, 6.45) is -2.39. The lowest BCUT2D eigenvalue weighted by atomic mass is 10.1. The molecule has 15 N–H and O–H groups in total. The summed E-state index contributed by atoms with van der Waals surface area (Å²) in [5.74, 6) is -6.40. The molecule has 204 valence electrons. The normalized spacial score (nSPS) is 14.8. The van der Waals surface area contributed by atoms with Crippen LogP contribution in [0.2, 0.25) is 0 Å². The van der Waals surface area contributed by atoms with E-state index >= 15 is 0 Å². The van der Waals surface area contributed by atoms with Crippen molar-refractivity contribution in [2.24, 2.45) is 33.7 Å². The van der Waals surface area contributed by atoms with Gasteiger partial charge in [0.2, 0.25) is 29.5 Å². The van der Waals surface area contributed by atoms with Crippen LogP contribution in [-0.4, -0.2) is 88.5 Å². The number of carboxylic acids is 1. The van der Waals surface area contributed by atoms with Crippen LogP contribution in [0, 0.1) is 0 Å². The smallest absolute Gasteiger partial charge is 0.326 e. The van der Waals surface area contributed by atoms with Crippen LogP contribution in [0.25, 0.3) is 0 Å². The average molecular weight is 518 g/mol. The number of guanidine groups is 1. The predicted molar refractivity (Wildman–Crippen MR) is 125 cm³/mol. The van der Waals surface area contributed by atoms with Gasteiger partial charge in [0.15, 0.2) is 5.96 Å². The highest BCUT2D eigenvalue weighted by Crippen LogP contribution is 2.04. The zero-order chi connectivity index (χ0) is 28.0. The highest BCUT2D eigenvalue weighted by molar-refractivity contribution is 5.95. The second-order valence-corrected chi connectivity index (χ2v) is 7.92. The molecule has 0 saturated carbocycles. The van der Waals surface area contributed by atoms with E-state index in [-0.39, 0.29) is 31.8 Å². The molecule has 0 aliphatic heterocycles. The second-order valence-electron chi connectivity index (χ2n) is 7.92. The Morgan fingerprint density at radius 1 is 0.833 bits per heavy atom. The predicted octanol–water partition coefficient (Wildman–Crippen LogP) is -5.57. The average Bonchev–Trinajstić information content (AvgIpc) is 2.75. The van der Waals surface area contributed by atoms with Crippen LogP contribution in [0.3, 0.4) is 0 Å². The summed E-state index contributed by atoms with van der Waals surface area (Å²) < 4.78 is 0. The minimum Gasteiger partial charge on any atom is -0.480 e. The minimum atomic E-state index is -1.70. The Labute approximate surface area is 206 Å². The maximum absolute atomic E-state index is 12.8. The number of aliphatic hydroxyl groups excluding tert-OH is 1. The molecule has 0 saturated heterocycles. The van der Waals surface area contributed by atoms with Crippen LogP contribution < -0.4 is 44.6 Å². The lowest BCUT2D eigenvalue weighted by molar-refractivity contribution is -0.144. The van der Waals surface area contributed by atoms with Crippen molar-refractivity contribution in [3.05, 3.63) is 0 Å². The van der Waals surface area contributed by atoms with Crippen molar-refractivity contribution in [3.8, 4) is 0 Å². The van der Waals surface area contributed by atoms with Gasteiger partial charge in [0.1, 0.15) is 18.1 Å². The number of primary amides is 2. The molecule has 0 fully saturated rings. The summed E-state index contributed by atoms with van der Waals surface area (Å²) in [4.78, 5) is 75.1. The number of rotatable bonds is 17. The molecular weight excluding hydrogens is 482 g/mol. The van der Waals surface area contributed by atoms with Gasteiger partial charge in [-0.1, -0.05) is 0 Å². The van der Waals surface area contributed by atoms with Gasteiger partial charge in [-0.2, -0.15) is 0 Å². The number of carbonyl (C=O) groups excluding carboxylic acids is 5. The number of aliphatic imine (C=N–C) groups is 1. The van der Waals surface area contributed by atoms with Gasteiger partial charge in [0, 0.05) is 13.0 Å². The van der Waals surface area contributed by atoms with Crippen LogP contribution in [0.4, 0.5) is 0 Å². The van der Waals surface area contributed by atoms with E-state index in [0.717, 1.165) is 0 Å². The van der Waals surface area contributed by atoms with Crippen molar-refractivity contribution < 1.29 is 39.0 Å². The van der Waals surface area contributed by atoms with Crippen LogP contribution in [0.15, 0.2) is 4.99 Å². The number of hydrogen-bond donors (Lipinski definition) is 10. The van der Waals surface area contributed by atoms with E-state index in [1.807, 2.05) is 5.32 Å². The summed E-state index contributed by atoms with van der Waals surface area (Å²) in [5.41, 5.74) is 26.3. The zero-order valence-electron chi connectivity index (χ0n) is 19.8. The van der Waals surface area contributed by atoms with Gasteiger partial charge in [-0.25, -0.2) is 4.79 Å². The quantitative estimate of drug-likeness (QED) is 0.0492. The summed E-state index contributed by atoms with van der Waals surface area (Å²) in [7, 11) is 0. The molecule has 0 heterocycles. The summed E-state index contributed by atoms with van der Waals surface area (Å²) >= 11 is 0. The fourth-order valence-corrected chi connectivity index (χ4v) is 2.81. The molecular formula is C19H35N9O8. The first-order valence-corrected chi connectivity index (χ1v) is 10.8. The van der Waals surface area contributed by atoms with Crippen molar-refractivity contribution in [2.45, 2.75) is 69.3 Å². The van der Waals surface area contributed by atoms with Crippen LogP contribution >= 0.6 is 0 Å². The van der Waals surface area contributed by atoms with Gasteiger partial charge >= 0.3 is 5.97 Å². The van der Waals surface area contributed by atoms with Gasteiger partial charge in [-0.15, -0.1) is 0 Å². The number of carbonyl (C=O) groups is 6. The Hall–Kier alpha value is -3.99. The lowest BCUT2D eigenvalue weighted by Gasteiger charge is -2.26. The summed E-state index contributed by atoms with van der Waals surface area (Å²) in [6.45, 7) is 1.41. The van der Waals surface area contributed by atoms with Crippen molar-refractivity contribution in [2.75, 3.05) is 6.54 Å². The van der Waals surface area contributed by atoms with Gasteiger partial charge in [0.05, 0.1) is 18.6 Å². The monoisotopic (exact) mass is 517 g/mol. The Morgan fingerprint density at radius 3 is 1.89 bits per heavy atom. The summed E-state index contributed by atoms with van der Waals surface area (Å²) in [5, 5.41) is 25.7. The molecule has 5 unspecified atom stereocenters. The second kappa shape index (κ2) is 15.8. The van der Waals surface area contributed by atoms with E-state index in [1.165, 1.54) is 6.92 Å². The van der Waals surface area contributed by atoms with E-state index in [0.29, 0.717) is 6.42 Å². The third-order valence-corrected chi connectivity index (χ3v) is 4.70. The number of hydrogen-bond acceptors (Lipinski definition) is 9. The molecule has 5 atom stereocenters. The number of amides is 5. The lowest BCUT2D eigenvalue weighted by Crippen LogP contribution is -2.60.